The smallest absolute Gasteiger partial charge is 0.328 e. The monoisotopic (exact) mass is 253 g/mol. The average molecular weight is 253 g/mol. The van der Waals surface area contributed by atoms with Gasteiger partial charge in [0.1, 0.15) is 5.75 Å². The van der Waals surface area contributed by atoms with Crippen LogP contribution in [0.5, 0.6) is 5.75 Å². The van der Waals surface area contributed by atoms with Gasteiger partial charge in [-0.3, -0.25) is 4.79 Å². The Morgan fingerprint density at radius 3 is 2.61 bits per heavy atom. The average Bonchev–Trinajstić information content (AvgIpc) is 2.35. The number of ether oxygens (including phenoxy) is 1. The Morgan fingerprint density at radius 2 is 2.11 bits per heavy atom. The first-order valence-corrected chi connectivity index (χ1v) is 5.28. The second-order valence-electron chi connectivity index (χ2n) is 3.73. The number of hydrogen-bond acceptors (Lipinski definition) is 4. The van der Waals surface area contributed by atoms with Gasteiger partial charge in [0.05, 0.1) is 13.7 Å². The van der Waals surface area contributed by atoms with Crippen molar-refractivity contribution in [2.24, 2.45) is 0 Å². The molecule has 18 heavy (non-hydrogen) atoms. The zero-order valence-corrected chi connectivity index (χ0v) is 10.1. The minimum absolute atomic E-state index is 0.275. The maximum Gasteiger partial charge on any atom is 0.328 e. The Morgan fingerprint density at radius 1 is 1.44 bits per heavy atom. The van der Waals surface area contributed by atoms with E-state index < -0.39 is 24.5 Å². The molecule has 0 fully saturated rings. The molecule has 98 valence electrons. The van der Waals surface area contributed by atoms with E-state index in [4.69, 9.17) is 14.9 Å². The number of benzene rings is 1. The van der Waals surface area contributed by atoms with Crippen molar-refractivity contribution in [1.29, 1.82) is 0 Å². The molecule has 0 bridgehead atoms. The molecule has 0 spiro atoms. The summed E-state index contributed by atoms with van der Waals surface area (Å²) in [4.78, 5) is 22.4. The number of carboxylic acid groups (broad SMARTS) is 1. The van der Waals surface area contributed by atoms with E-state index >= 15 is 0 Å². The lowest BCUT2D eigenvalue weighted by atomic mass is 10.1. The molecule has 1 amide bonds. The van der Waals surface area contributed by atoms with E-state index in [-0.39, 0.29) is 5.56 Å². The Kier molecular flexibility index (Phi) is 4.67. The first-order valence-electron chi connectivity index (χ1n) is 5.28. The minimum Gasteiger partial charge on any atom is -0.496 e. The van der Waals surface area contributed by atoms with Crippen LogP contribution in [0.25, 0.3) is 0 Å². The van der Waals surface area contributed by atoms with Gasteiger partial charge < -0.3 is 20.3 Å². The van der Waals surface area contributed by atoms with Crippen molar-refractivity contribution in [3.8, 4) is 5.75 Å². The summed E-state index contributed by atoms with van der Waals surface area (Å²) < 4.78 is 5.07. The largest absolute Gasteiger partial charge is 0.496 e. The number of amides is 1. The van der Waals surface area contributed by atoms with Gasteiger partial charge in [-0.15, -0.1) is 0 Å². The lowest BCUT2D eigenvalue weighted by molar-refractivity contribution is -0.140. The topological polar surface area (TPSA) is 95.9 Å². The molecule has 0 radical (unpaired) electrons. The molecular weight excluding hydrogens is 238 g/mol. The molecule has 1 aromatic rings. The summed E-state index contributed by atoms with van der Waals surface area (Å²) in [6, 6.07) is 3.46. The normalized spacial score (nSPS) is 11.7. The third-order valence-electron chi connectivity index (χ3n) is 2.46. The maximum absolute atomic E-state index is 11.8. The Bertz CT molecular complexity index is 458. The molecule has 6 nitrogen and oxygen atoms in total. The molecule has 6 heteroatoms. The first kappa shape index (κ1) is 14.0. The summed E-state index contributed by atoms with van der Waals surface area (Å²) in [5.41, 5.74) is 1.14. The van der Waals surface area contributed by atoms with Crippen molar-refractivity contribution in [2.45, 2.75) is 13.0 Å². The number of methoxy groups -OCH3 is 1. The number of aliphatic hydroxyl groups excluding tert-OH is 1. The summed E-state index contributed by atoms with van der Waals surface area (Å²) in [5.74, 6) is -1.32. The van der Waals surface area contributed by atoms with Gasteiger partial charge in [-0.1, -0.05) is 6.07 Å². The number of hydrogen-bond donors (Lipinski definition) is 3. The predicted octanol–water partition coefficient (Wildman–Crippen LogP) is 0.179. The molecule has 0 aliphatic carbocycles. The summed E-state index contributed by atoms with van der Waals surface area (Å²) >= 11 is 0. The number of carbonyl (C=O) groups excluding carboxylic acids is 1. The van der Waals surface area contributed by atoms with Crippen molar-refractivity contribution in [1.82, 2.24) is 5.32 Å². The molecular formula is C12H15NO5. The van der Waals surface area contributed by atoms with E-state index in [1.54, 1.807) is 12.1 Å². The number of rotatable bonds is 5. The zero-order valence-electron chi connectivity index (χ0n) is 10.1. The van der Waals surface area contributed by atoms with E-state index in [0.717, 1.165) is 5.56 Å². The Hall–Kier alpha value is -2.08. The van der Waals surface area contributed by atoms with Crippen LogP contribution in [0.2, 0.25) is 0 Å². The van der Waals surface area contributed by atoms with E-state index in [2.05, 4.69) is 5.32 Å². The molecule has 0 unspecified atom stereocenters. The minimum atomic E-state index is -1.32. The molecule has 0 saturated heterocycles. The predicted molar refractivity (Wildman–Crippen MR) is 63.7 cm³/mol. The van der Waals surface area contributed by atoms with Crippen molar-refractivity contribution >= 4 is 11.9 Å². The van der Waals surface area contributed by atoms with Crippen LogP contribution in [-0.2, 0) is 4.79 Å². The lowest BCUT2D eigenvalue weighted by Crippen LogP contribution is -2.43. The van der Waals surface area contributed by atoms with Gasteiger partial charge in [0.15, 0.2) is 6.04 Å². The molecule has 0 aromatic heterocycles. The third-order valence-corrected chi connectivity index (χ3v) is 2.46. The van der Waals surface area contributed by atoms with Gasteiger partial charge in [0.2, 0.25) is 0 Å². The molecule has 0 aliphatic heterocycles. The van der Waals surface area contributed by atoms with Gasteiger partial charge in [0, 0.05) is 5.56 Å². The molecule has 0 saturated carbocycles. The standard InChI is InChI=1S/C12H15NO5/c1-7-3-4-8(5-10(7)18-2)11(15)13-9(6-14)12(16)17/h3-5,9,14H,6H2,1-2H3,(H,13,15)(H,16,17)/t9-/m0/s1. The van der Waals surface area contributed by atoms with Crippen molar-refractivity contribution in [3.63, 3.8) is 0 Å². The second-order valence-corrected chi connectivity index (χ2v) is 3.73. The number of carboxylic acids is 1. The van der Waals surface area contributed by atoms with Crippen molar-refractivity contribution in [3.05, 3.63) is 29.3 Å². The van der Waals surface area contributed by atoms with Crippen LogP contribution < -0.4 is 10.1 Å². The quantitative estimate of drug-likeness (QED) is 0.695. The summed E-state index contributed by atoms with van der Waals surface area (Å²) in [6.07, 6.45) is 0. The van der Waals surface area contributed by atoms with Crippen LogP contribution in [0.1, 0.15) is 15.9 Å². The van der Waals surface area contributed by atoms with E-state index in [0.29, 0.717) is 5.75 Å². The fourth-order valence-electron chi connectivity index (χ4n) is 1.39. The maximum atomic E-state index is 11.8. The van der Waals surface area contributed by atoms with E-state index in [1.165, 1.54) is 13.2 Å². The van der Waals surface area contributed by atoms with Crippen molar-refractivity contribution in [2.75, 3.05) is 13.7 Å². The van der Waals surface area contributed by atoms with Crippen LogP contribution in [0, 0.1) is 6.92 Å². The fraction of sp³-hybridized carbons (Fsp3) is 0.333. The van der Waals surface area contributed by atoms with Crippen LogP contribution in [0.15, 0.2) is 18.2 Å². The highest BCUT2D eigenvalue weighted by Crippen LogP contribution is 2.18. The first-order chi connectivity index (χ1) is 8.49. The van der Waals surface area contributed by atoms with Crippen LogP contribution in [-0.4, -0.2) is 41.8 Å². The summed E-state index contributed by atoms with van der Waals surface area (Å²) in [6.45, 7) is 1.17. The Labute approximate surface area is 104 Å². The number of nitrogens with one attached hydrogen (secondary N) is 1. The van der Waals surface area contributed by atoms with Crippen LogP contribution in [0.4, 0.5) is 0 Å². The van der Waals surface area contributed by atoms with E-state index in [1.807, 2.05) is 6.92 Å². The second kappa shape index (κ2) is 6.02. The van der Waals surface area contributed by atoms with Gasteiger partial charge >= 0.3 is 5.97 Å². The Balaban J connectivity index is 2.87. The molecule has 0 aliphatic rings. The molecule has 3 N–H and O–H groups in total. The van der Waals surface area contributed by atoms with Gasteiger partial charge in [-0.25, -0.2) is 4.79 Å². The van der Waals surface area contributed by atoms with E-state index in [9.17, 15) is 9.59 Å². The van der Waals surface area contributed by atoms with Crippen molar-refractivity contribution < 1.29 is 24.5 Å². The molecule has 0 heterocycles. The lowest BCUT2D eigenvalue weighted by Gasteiger charge is -2.12. The van der Waals surface area contributed by atoms with Gasteiger partial charge in [0.25, 0.3) is 5.91 Å². The molecule has 1 rings (SSSR count). The highest BCUT2D eigenvalue weighted by Gasteiger charge is 2.19. The highest BCUT2D eigenvalue weighted by molar-refractivity contribution is 5.97. The third kappa shape index (κ3) is 3.21. The zero-order chi connectivity index (χ0) is 13.7. The van der Waals surface area contributed by atoms with Crippen LogP contribution in [0.3, 0.4) is 0 Å². The summed E-state index contributed by atoms with van der Waals surface area (Å²) in [7, 11) is 1.48. The number of aliphatic hydroxyl groups is 1. The van der Waals surface area contributed by atoms with Gasteiger partial charge in [-0.2, -0.15) is 0 Å². The van der Waals surface area contributed by atoms with Gasteiger partial charge in [-0.05, 0) is 24.6 Å². The summed E-state index contributed by atoms with van der Waals surface area (Å²) in [5, 5.41) is 19.7. The molecule has 1 atom stereocenters. The number of aliphatic carboxylic acids is 1. The number of carbonyl (C=O) groups is 2. The van der Waals surface area contributed by atoms with Crippen LogP contribution >= 0.6 is 0 Å². The number of aryl methyl sites for hydroxylation is 1. The highest BCUT2D eigenvalue weighted by atomic mass is 16.5. The molecule has 1 aromatic carbocycles. The fourth-order valence-corrected chi connectivity index (χ4v) is 1.39. The SMILES string of the molecule is COc1cc(C(=O)N[C@@H](CO)C(=O)O)ccc1C.